The van der Waals surface area contributed by atoms with E-state index in [0.717, 1.165) is 40.3 Å². The van der Waals surface area contributed by atoms with E-state index in [1.165, 1.54) is 0 Å². The Morgan fingerprint density at radius 1 is 0.806 bits per heavy atom. The van der Waals surface area contributed by atoms with Crippen LogP contribution in [0.5, 0.6) is 0 Å². The van der Waals surface area contributed by atoms with Gasteiger partial charge < -0.3 is 4.90 Å². The molecule has 2 aliphatic carbocycles. The fraction of sp³-hybridized carbons (Fsp3) is 0.344. The fourth-order valence-corrected chi connectivity index (χ4v) is 5.68. The lowest BCUT2D eigenvalue weighted by molar-refractivity contribution is -0.608. The van der Waals surface area contributed by atoms with Gasteiger partial charge in [0, 0.05) is 62.2 Å². The number of hydrogen-bond acceptors (Lipinski definition) is 3. The number of aromatic nitrogens is 1. The molecule has 0 spiro atoms. The zero-order chi connectivity index (χ0) is 25.8. The molecule has 5 rings (SSSR count). The van der Waals surface area contributed by atoms with Crippen molar-refractivity contribution in [3.05, 3.63) is 88.7 Å². The molecule has 2 aliphatic rings. The van der Waals surface area contributed by atoms with Gasteiger partial charge in [0.2, 0.25) is 11.4 Å². The van der Waals surface area contributed by atoms with Gasteiger partial charge in [-0.2, -0.15) is 4.57 Å². The Hall–Kier alpha value is -3.53. The van der Waals surface area contributed by atoms with Crippen molar-refractivity contribution in [3.8, 4) is 5.69 Å². The molecule has 0 aliphatic heterocycles. The van der Waals surface area contributed by atoms with Gasteiger partial charge in [-0.3, -0.25) is 9.59 Å². The summed E-state index contributed by atoms with van der Waals surface area (Å²) in [6.07, 6.45) is 3.91. The van der Waals surface area contributed by atoms with E-state index >= 15 is 0 Å². The van der Waals surface area contributed by atoms with Crippen molar-refractivity contribution >= 4 is 28.9 Å². The number of para-hydroxylation sites is 1. The number of anilines is 1. The second kappa shape index (κ2) is 8.55. The third-order valence-corrected chi connectivity index (χ3v) is 7.56. The highest BCUT2D eigenvalue weighted by molar-refractivity contribution is 6.08. The molecule has 3 aromatic rings. The summed E-state index contributed by atoms with van der Waals surface area (Å²) in [6, 6.07) is 20.6. The Kier molecular flexibility index (Phi) is 5.74. The summed E-state index contributed by atoms with van der Waals surface area (Å²) in [6.45, 7) is 8.61. The molecule has 4 heteroatoms. The molecule has 36 heavy (non-hydrogen) atoms. The van der Waals surface area contributed by atoms with Gasteiger partial charge in [-0.1, -0.05) is 58.0 Å². The number of allylic oxidation sites excluding steroid dienone is 1. The van der Waals surface area contributed by atoms with Crippen molar-refractivity contribution in [2.75, 3.05) is 19.0 Å². The smallest absolute Gasteiger partial charge is 0.226 e. The minimum atomic E-state index is -0.358. The van der Waals surface area contributed by atoms with Crippen LogP contribution in [0.15, 0.2) is 60.7 Å². The van der Waals surface area contributed by atoms with Crippen molar-refractivity contribution in [1.82, 2.24) is 0 Å². The normalized spacial score (nSPS) is 19.1. The average molecular weight is 480 g/mol. The number of Topliss-reactive ketones (excluding diaryl/α,β-unsaturated/α-hetero) is 2. The highest BCUT2D eigenvalue weighted by Crippen LogP contribution is 2.46. The van der Waals surface area contributed by atoms with E-state index in [2.05, 4.69) is 79.6 Å². The van der Waals surface area contributed by atoms with Crippen LogP contribution in [0.4, 0.5) is 5.69 Å². The monoisotopic (exact) mass is 479 g/mol. The summed E-state index contributed by atoms with van der Waals surface area (Å²) in [7, 11) is 4.07. The summed E-state index contributed by atoms with van der Waals surface area (Å²) in [5.41, 5.74) is 7.11. The summed E-state index contributed by atoms with van der Waals surface area (Å²) in [5.74, 6) is 0.219. The molecule has 1 aromatic heterocycles. The molecule has 0 fully saturated rings. The maximum atomic E-state index is 13.6. The molecule has 0 radical (unpaired) electrons. The number of nitrogens with zero attached hydrogens (tertiary/aromatic N) is 2. The maximum absolute atomic E-state index is 13.6. The predicted molar refractivity (Wildman–Crippen MR) is 146 cm³/mol. The average Bonchev–Trinajstić information content (AvgIpc) is 2.80. The van der Waals surface area contributed by atoms with Crippen molar-refractivity contribution in [3.63, 3.8) is 0 Å². The summed E-state index contributed by atoms with van der Waals surface area (Å²) in [5, 5.41) is 0. The molecule has 0 amide bonds. The van der Waals surface area contributed by atoms with Gasteiger partial charge in [-0.25, -0.2) is 0 Å². The van der Waals surface area contributed by atoms with Crippen LogP contribution in [-0.4, -0.2) is 25.7 Å². The molecule has 2 aromatic carbocycles. The van der Waals surface area contributed by atoms with Gasteiger partial charge in [0.1, 0.15) is 0 Å². The summed E-state index contributed by atoms with van der Waals surface area (Å²) >= 11 is 0. The topological polar surface area (TPSA) is 41.3 Å². The van der Waals surface area contributed by atoms with Crippen molar-refractivity contribution < 1.29 is 14.2 Å². The zero-order valence-electron chi connectivity index (χ0n) is 22.2. The molecule has 0 bridgehead atoms. The van der Waals surface area contributed by atoms with Crippen LogP contribution < -0.4 is 9.47 Å². The Labute approximate surface area is 214 Å². The number of carbonyl (C=O) groups excluding carboxylic acids is 2. The first kappa shape index (κ1) is 24.2. The van der Waals surface area contributed by atoms with Gasteiger partial charge in [0.15, 0.2) is 17.3 Å². The lowest BCUT2D eigenvalue weighted by Gasteiger charge is -2.34. The van der Waals surface area contributed by atoms with Gasteiger partial charge in [-0.05, 0) is 35.3 Å². The molecule has 0 atom stereocenters. The van der Waals surface area contributed by atoms with E-state index in [1.807, 2.05) is 38.4 Å². The molecule has 0 unspecified atom stereocenters. The van der Waals surface area contributed by atoms with E-state index in [-0.39, 0.29) is 22.4 Å². The standard InChI is InChI=1S/C32H35N2O2/c1-31(2)18-27-24(28(35)19-31)17-25-29(36)20-32(3,4)26(16-21-12-14-22(15-13-21)33(5)6)30(25)34(27)23-10-8-7-9-11-23/h7-17H,18-20H2,1-6H3/q+1. The first-order valence-corrected chi connectivity index (χ1v) is 12.7. The third-order valence-electron chi connectivity index (χ3n) is 7.56. The molecule has 1 heterocycles. The quantitative estimate of drug-likeness (QED) is 0.412. The number of hydrogen-bond donors (Lipinski definition) is 0. The third kappa shape index (κ3) is 4.19. The SMILES string of the molecule is CN(C)c1ccc(C=C2c3c(cc4c([n+]3-c3ccccc3)CC(C)(C)CC4=O)C(=O)CC2(C)C)cc1. The van der Waals surface area contributed by atoms with Crippen LogP contribution in [0, 0.1) is 10.8 Å². The summed E-state index contributed by atoms with van der Waals surface area (Å²) < 4.78 is 2.21. The van der Waals surface area contributed by atoms with Crippen LogP contribution in [-0.2, 0) is 6.42 Å². The van der Waals surface area contributed by atoms with Gasteiger partial charge in [0.25, 0.3) is 0 Å². The summed E-state index contributed by atoms with van der Waals surface area (Å²) in [4.78, 5) is 29.0. The largest absolute Gasteiger partial charge is 0.378 e. The first-order valence-electron chi connectivity index (χ1n) is 12.7. The number of benzene rings is 2. The van der Waals surface area contributed by atoms with Crippen LogP contribution in [0.25, 0.3) is 17.3 Å². The number of carbonyl (C=O) groups is 2. The molecule has 0 saturated heterocycles. The number of rotatable bonds is 3. The predicted octanol–water partition coefficient (Wildman–Crippen LogP) is 6.34. The first-order chi connectivity index (χ1) is 17.0. The highest BCUT2D eigenvalue weighted by atomic mass is 16.1. The number of fused-ring (bicyclic) bond motifs is 2. The Morgan fingerprint density at radius 2 is 1.44 bits per heavy atom. The minimum Gasteiger partial charge on any atom is -0.378 e. The fourth-order valence-electron chi connectivity index (χ4n) is 5.68. The van der Waals surface area contributed by atoms with Crippen molar-refractivity contribution in [2.45, 2.75) is 47.0 Å². The van der Waals surface area contributed by atoms with E-state index in [4.69, 9.17) is 0 Å². The second-order valence-electron chi connectivity index (χ2n) is 11.9. The van der Waals surface area contributed by atoms with E-state index in [1.54, 1.807) is 0 Å². The van der Waals surface area contributed by atoms with E-state index < -0.39 is 0 Å². The van der Waals surface area contributed by atoms with Crippen LogP contribution in [0.1, 0.15) is 78.2 Å². The second-order valence-corrected chi connectivity index (χ2v) is 11.9. The van der Waals surface area contributed by atoms with Gasteiger partial charge >= 0.3 is 0 Å². The maximum Gasteiger partial charge on any atom is 0.226 e. The zero-order valence-corrected chi connectivity index (χ0v) is 22.2. The van der Waals surface area contributed by atoms with Crippen molar-refractivity contribution in [1.29, 1.82) is 0 Å². The van der Waals surface area contributed by atoms with Gasteiger partial charge in [0.05, 0.1) is 11.1 Å². The lowest BCUT2D eigenvalue weighted by Crippen LogP contribution is -2.49. The minimum absolute atomic E-state index is 0.0974. The van der Waals surface area contributed by atoms with Gasteiger partial charge in [-0.15, -0.1) is 0 Å². The molecule has 0 N–H and O–H groups in total. The Bertz CT molecular complexity index is 1390. The number of ketones is 2. The molecule has 4 nitrogen and oxygen atoms in total. The number of pyridine rings is 1. The van der Waals surface area contributed by atoms with E-state index in [9.17, 15) is 9.59 Å². The van der Waals surface area contributed by atoms with Crippen LogP contribution in [0.2, 0.25) is 0 Å². The molecule has 184 valence electrons. The Morgan fingerprint density at radius 3 is 2.08 bits per heavy atom. The molecular formula is C32H35N2O2+. The lowest BCUT2D eigenvalue weighted by atomic mass is 9.69. The van der Waals surface area contributed by atoms with E-state index in [0.29, 0.717) is 24.0 Å². The highest BCUT2D eigenvalue weighted by Gasteiger charge is 2.46. The van der Waals surface area contributed by atoms with Crippen LogP contribution >= 0.6 is 0 Å². The van der Waals surface area contributed by atoms with Crippen LogP contribution in [0.3, 0.4) is 0 Å². The molecule has 0 saturated carbocycles. The Balaban J connectivity index is 1.84. The van der Waals surface area contributed by atoms with Crippen molar-refractivity contribution in [2.24, 2.45) is 10.8 Å². The molecular weight excluding hydrogens is 444 g/mol.